The van der Waals surface area contributed by atoms with Crippen molar-refractivity contribution in [1.29, 1.82) is 0 Å². The fourth-order valence-electron chi connectivity index (χ4n) is 2.07. The van der Waals surface area contributed by atoms with Crippen LogP contribution in [-0.4, -0.2) is 39.9 Å². The molecule has 0 saturated heterocycles. The second-order valence-corrected chi connectivity index (χ2v) is 7.13. The SMILES string of the molecule is COc1ccc(S(=O)(=O)N[C@@H](C)C(=O)OCC(=O)c2ccccc2)cc1. The van der Waals surface area contributed by atoms with Gasteiger partial charge in [0.25, 0.3) is 0 Å². The summed E-state index contributed by atoms with van der Waals surface area (Å²) < 4.78 is 36.7. The third kappa shape index (κ3) is 5.14. The van der Waals surface area contributed by atoms with Crippen LogP contribution in [0.5, 0.6) is 5.75 Å². The maximum absolute atomic E-state index is 12.3. The third-order valence-corrected chi connectivity index (χ3v) is 5.05. The lowest BCUT2D eigenvalue weighted by Crippen LogP contribution is -2.40. The maximum Gasteiger partial charge on any atom is 0.324 e. The van der Waals surface area contributed by atoms with Gasteiger partial charge in [-0.15, -0.1) is 0 Å². The Morgan fingerprint density at radius 3 is 2.23 bits per heavy atom. The number of hydrogen-bond acceptors (Lipinski definition) is 6. The molecule has 0 saturated carbocycles. The van der Waals surface area contributed by atoms with Gasteiger partial charge in [0.15, 0.2) is 12.4 Å². The van der Waals surface area contributed by atoms with E-state index in [1.807, 2.05) is 0 Å². The van der Waals surface area contributed by atoms with E-state index in [4.69, 9.17) is 9.47 Å². The molecule has 26 heavy (non-hydrogen) atoms. The zero-order valence-corrected chi connectivity index (χ0v) is 15.2. The summed E-state index contributed by atoms with van der Waals surface area (Å²) in [6.07, 6.45) is 0. The predicted octanol–water partition coefficient (Wildman–Crippen LogP) is 1.79. The van der Waals surface area contributed by atoms with Gasteiger partial charge in [-0.25, -0.2) is 8.42 Å². The Hall–Kier alpha value is -2.71. The summed E-state index contributed by atoms with van der Waals surface area (Å²) in [5, 5.41) is 0. The van der Waals surface area contributed by atoms with Gasteiger partial charge in [-0.05, 0) is 31.2 Å². The number of carbonyl (C=O) groups is 2. The number of Topliss-reactive ketones (excluding diaryl/α,β-unsaturated/α-hetero) is 1. The van der Waals surface area contributed by atoms with E-state index in [0.717, 1.165) is 0 Å². The van der Waals surface area contributed by atoms with Crippen LogP contribution in [0, 0.1) is 0 Å². The van der Waals surface area contributed by atoms with Crippen LogP contribution in [0.3, 0.4) is 0 Å². The van der Waals surface area contributed by atoms with Gasteiger partial charge in [-0.2, -0.15) is 4.72 Å². The molecule has 138 valence electrons. The molecule has 0 aliphatic rings. The minimum Gasteiger partial charge on any atom is -0.497 e. The first-order valence-corrected chi connectivity index (χ1v) is 9.23. The van der Waals surface area contributed by atoms with Gasteiger partial charge < -0.3 is 9.47 Å². The average molecular weight is 377 g/mol. The van der Waals surface area contributed by atoms with Gasteiger partial charge >= 0.3 is 5.97 Å². The first kappa shape index (κ1) is 19.6. The Bertz CT molecular complexity index is 862. The van der Waals surface area contributed by atoms with Crippen molar-refractivity contribution in [2.45, 2.75) is 17.9 Å². The normalized spacial score (nSPS) is 12.2. The van der Waals surface area contributed by atoms with E-state index < -0.39 is 28.6 Å². The predicted molar refractivity (Wildman–Crippen MR) is 94.5 cm³/mol. The molecule has 0 aliphatic carbocycles. The minimum atomic E-state index is -3.91. The summed E-state index contributed by atoms with van der Waals surface area (Å²) in [4.78, 5) is 23.9. The Morgan fingerprint density at radius 1 is 1.04 bits per heavy atom. The van der Waals surface area contributed by atoms with Crippen molar-refractivity contribution in [3.63, 3.8) is 0 Å². The molecule has 1 N–H and O–H groups in total. The van der Waals surface area contributed by atoms with Gasteiger partial charge in [0, 0.05) is 5.56 Å². The highest BCUT2D eigenvalue weighted by molar-refractivity contribution is 7.89. The second kappa shape index (κ2) is 8.59. The third-order valence-electron chi connectivity index (χ3n) is 3.50. The number of ketones is 1. The quantitative estimate of drug-likeness (QED) is 0.556. The van der Waals surface area contributed by atoms with Gasteiger partial charge in [-0.1, -0.05) is 30.3 Å². The summed E-state index contributed by atoms with van der Waals surface area (Å²) in [6.45, 7) is 0.883. The molecular weight excluding hydrogens is 358 g/mol. The van der Waals surface area contributed by atoms with Crippen molar-refractivity contribution in [2.75, 3.05) is 13.7 Å². The zero-order chi connectivity index (χ0) is 19.2. The lowest BCUT2D eigenvalue weighted by molar-refractivity contribution is -0.144. The van der Waals surface area contributed by atoms with Crippen LogP contribution in [0.1, 0.15) is 17.3 Å². The standard InChI is InChI=1S/C18H19NO6S/c1-13(18(21)25-12-17(20)14-6-4-3-5-7-14)19-26(22,23)16-10-8-15(24-2)9-11-16/h3-11,13,19H,12H2,1-2H3/t13-/m0/s1. The van der Waals surface area contributed by atoms with Gasteiger partial charge in [0.2, 0.25) is 10.0 Å². The summed E-state index contributed by atoms with van der Waals surface area (Å²) in [6, 6.07) is 12.9. The van der Waals surface area contributed by atoms with Crippen molar-refractivity contribution in [3.8, 4) is 5.75 Å². The molecule has 0 amide bonds. The van der Waals surface area contributed by atoms with Crippen molar-refractivity contribution < 1.29 is 27.5 Å². The number of carbonyl (C=O) groups excluding carboxylic acids is 2. The lowest BCUT2D eigenvalue weighted by atomic mass is 10.1. The number of ether oxygens (including phenoxy) is 2. The number of esters is 1. The highest BCUT2D eigenvalue weighted by Crippen LogP contribution is 2.15. The molecule has 0 radical (unpaired) electrons. The fourth-order valence-corrected chi connectivity index (χ4v) is 3.26. The number of sulfonamides is 1. The highest BCUT2D eigenvalue weighted by Gasteiger charge is 2.23. The molecule has 0 aromatic heterocycles. The molecule has 0 bridgehead atoms. The number of rotatable bonds is 8. The Labute approximate surface area is 152 Å². The Balaban J connectivity index is 1.94. The number of methoxy groups -OCH3 is 1. The molecule has 0 fully saturated rings. The molecule has 1 atom stereocenters. The van der Waals surface area contributed by atoms with Crippen molar-refractivity contribution in [2.24, 2.45) is 0 Å². The summed E-state index contributed by atoms with van der Waals surface area (Å²) in [5.74, 6) is -0.702. The van der Waals surface area contributed by atoms with E-state index in [9.17, 15) is 18.0 Å². The van der Waals surface area contributed by atoms with E-state index in [0.29, 0.717) is 11.3 Å². The largest absolute Gasteiger partial charge is 0.497 e. The Kier molecular flexibility index (Phi) is 6.48. The van der Waals surface area contributed by atoms with E-state index in [2.05, 4.69) is 4.72 Å². The molecular formula is C18H19NO6S. The van der Waals surface area contributed by atoms with Crippen molar-refractivity contribution in [3.05, 3.63) is 60.2 Å². The molecule has 8 heteroatoms. The van der Waals surface area contributed by atoms with Crippen LogP contribution in [0.4, 0.5) is 0 Å². The van der Waals surface area contributed by atoms with Gasteiger partial charge in [0.1, 0.15) is 11.8 Å². The molecule has 2 rings (SSSR count). The maximum atomic E-state index is 12.3. The molecule has 7 nitrogen and oxygen atoms in total. The molecule has 0 unspecified atom stereocenters. The van der Waals surface area contributed by atoms with E-state index in [1.165, 1.54) is 38.3 Å². The number of hydrogen-bond donors (Lipinski definition) is 1. The second-order valence-electron chi connectivity index (χ2n) is 5.42. The lowest BCUT2D eigenvalue weighted by Gasteiger charge is -2.14. The van der Waals surface area contributed by atoms with Crippen LogP contribution in [-0.2, 0) is 19.6 Å². The van der Waals surface area contributed by atoms with Crippen molar-refractivity contribution in [1.82, 2.24) is 4.72 Å². The summed E-state index contributed by atoms with van der Waals surface area (Å²) in [7, 11) is -2.44. The van der Waals surface area contributed by atoms with Crippen LogP contribution in [0.2, 0.25) is 0 Å². The van der Waals surface area contributed by atoms with E-state index in [1.54, 1.807) is 30.3 Å². The monoisotopic (exact) mass is 377 g/mol. The summed E-state index contributed by atoms with van der Waals surface area (Å²) >= 11 is 0. The number of nitrogens with one attached hydrogen (secondary N) is 1. The fraction of sp³-hybridized carbons (Fsp3) is 0.222. The smallest absolute Gasteiger partial charge is 0.324 e. The summed E-state index contributed by atoms with van der Waals surface area (Å²) in [5.41, 5.74) is 0.409. The molecule has 2 aromatic rings. The van der Waals surface area contributed by atoms with Crippen LogP contribution in [0.25, 0.3) is 0 Å². The molecule has 2 aromatic carbocycles. The van der Waals surface area contributed by atoms with Gasteiger partial charge in [0.05, 0.1) is 12.0 Å². The average Bonchev–Trinajstić information content (AvgIpc) is 2.66. The molecule has 0 spiro atoms. The minimum absolute atomic E-state index is 0.0155. The first-order valence-electron chi connectivity index (χ1n) is 7.75. The molecule has 0 heterocycles. The van der Waals surface area contributed by atoms with E-state index in [-0.39, 0.29) is 10.7 Å². The highest BCUT2D eigenvalue weighted by atomic mass is 32.2. The van der Waals surface area contributed by atoms with Crippen molar-refractivity contribution >= 4 is 21.8 Å². The topological polar surface area (TPSA) is 98.8 Å². The van der Waals surface area contributed by atoms with Crippen LogP contribution in [0.15, 0.2) is 59.5 Å². The zero-order valence-electron chi connectivity index (χ0n) is 14.3. The first-order chi connectivity index (χ1) is 12.3. The van der Waals surface area contributed by atoms with E-state index >= 15 is 0 Å². The van der Waals surface area contributed by atoms with Crippen LogP contribution >= 0.6 is 0 Å². The van der Waals surface area contributed by atoms with Crippen LogP contribution < -0.4 is 9.46 Å². The Morgan fingerprint density at radius 2 is 1.65 bits per heavy atom. The molecule has 0 aliphatic heterocycles. The number of benzene rings is 2. The van der Waals surface area contributed by atoms with Gasteiger partial charge in [-0.3, -0.25) is 9.59 Å².